The van der Waals surface area contributed by atoms with Gasteiger partial charge in [-0.15, -0.1) is 0 Å². The Labute approximate surface area is 175 Å². The van der Waals surface area contributed by atoms with Gasteiger partial charge in [0.15, 0.2) is 11.2 Å². The summed E-state index contributed by atoms with van der Waals surface area (Å²) in [6.07, 6.45) is -1.35. The molecule has 2 aromatic heterocycles. The molecular formula is C21H20ClF3N4O. The SMILES string of the molecule is O=c1[nH]c([C@H]2CC[C@@H](C(F)(F)F)CC2)nc2c1nc(-c1ccc(Cl)cc1)n2C1CC1. The van der Waals surface area contributed by atoms with Crippen molar-refractivity contribution in [2.45, 2.75) is 56.7 Å². The fourth-order valence-corrected chi connectivity index (χ4v) is 4.50. The molecule has 0 amide bonds. The summed E-state index contributed by atoms with van der Waals surface area (Å²) < 4.78 is 41.0. The Morgan fingerprint density at radius 2 is 1.67 bits per heavy atom. The summed E-state index contributed by atoms with van der Waals surface area (Å²) in [7, 11) is 0. The molecule has 5 rings (SSSR count). The summed E-state index contributed by atoms with van der Waals surface area (Å²) in [5.74, 6) is -0.308. The number of hydrogen-bond acceptors (Lipinski definition) is 3. The third-order valence-electron chi connectivity index (χ3n) is 6.16. The second kappa shape index (κ2) is 7.11. The van der Waals surface area contributed by atoms with Crippen LogP contribution < -0.4 is 5.56 Å². The van der Waals surface area contributed by atoms with Gasteiger partial charge in [0.05, 0.1) is 5.92 Å². The summed E-state index contributed by atoms with van der Waals surface area (Å²) in [4.78, 5) is 24.9. The summed E-state index contributed by atoms with van der Waals surface area (Å²) >= 11 is 6.00. The van der Waals surface area contributed by atoms with E-state index in [-0.39, 0.29) is 35.9 Å². The minimum Gasteiger partial charge on any atom is -0.308 e. The summed E-state index contributed by atoms with van der Waals surface area (Å²) in [6, 6.07) is 7.49. The van der Waals surface area contributed by atoms with Crippen LogP contribution in [0.25, 0.3) is 22.6 Å². The number of aromatic nitrogens is 4. The Bertz CT molecular complexity index is 1140. The lowest BCUT2D eigenvalue weighted by atomic mass is 9.81. The number of benzene rings is 1. The number of nitrogens with zero attached hydrogens (tertiary/aromatic N) is 3. The van der Waals surface area contributed by atoms with Crippen molar-refractivity contribution in [2.75, 3.05) is 0 Å². The Balaban J connectivity index is 1.55. The number of halogens is 4. The quantitative estimate of drug-likeness (QED) is 0.580. The molecular weight excluding hydrogens is 417 g/mol. The molecule has 0 unspecified atom stereocenters. The van der Waals surface area contributed by atoms with Gasteiger partial charge >= 0.3 is 6.18 Å². The van der Waals surface area contributed by atoms with Crippen LogP contribution in [0.4, 0.5) is 13.2 Å². The highest BCUT2D eigenvalue weighted by Gasteiger charge is 2.42. The van der Waals surface area contributed by atoms with Crippen molar-refractivity contribution in [3.05, 3.63) is 45.5 Å². The van der Waals surface area contributed by atoms with Gasteiger partial charge in [0.25, 0.3) is 5.56 Å². The molecule has 5 nitrogen and oxygen atoms in total. The van der Waals surface area contributed by atoms with Crippen LogP contribution in [0.2, 0.25) is 5.02 Å². The molecule has 2 heterocycles. The van der Waals surface area contributed by atoms with Crippen LogP contribution >= 0.6 is 11.6 Å². The van der Waals surface area contributed by atoms with Crippen molar-refractivity contribution < 1.29 is 13.2 Å². The zero-order chi connectivity index (χ0) is 21.0. The van der Waals surface area contributed by atoms with Crippen LogP contribution in [0.5, 0.6) is 0 Å². The number of H-pyrrole nitrogens is 1. The lowest BCUT2D eigenvalue weighted by Gasteiger charge is -2.29. The van der Waals surface area contributed by atoms with E-state index in [2.05, 4.69) is 9.97 Å². The zero-order valence-corrected chi connectivity index (χ0v) is 16.8. The standard InChI is InChI=1S/C21H20ClF3N4O/c22-14-7-3-12(4-8-14)18-26-16-19(29(18)15-9-10-15)27-17(28-20(16)30)11-1-5-13(6-2-11)21(23,24)25/h3-4,7-8,11,13,15H,1-2,5-6,9-10H2,(H,27,28,30)/t11-,13+. The van der Waals surface area contributed by atoms with Crippen molar-refractivity contribution in [3.8, 4) is 11.4 Å². The molecule has 2 aliphatic carbocycles. The molecule has 0 aliphatic heterocycles. The van der Waals surface area contributed by atoms with Gasteiger partial charge in [0, 0.05) is 22.5 Å². The van der Waals surface area contributed by atoms with Gasteiger partial charge in [-0.05, 0) is 62.8 Å². The molecule has 0 radical (unpaired) electrons. The Hall–Kier alpha value is -2.35. The summed E-state index contributed by atoms with van der Waals surface area (Å²) in [6.45, 7) is 0. The molecule has 2 saturated carbocycles. The first-order chi connectivity index (χ1) is 14.3. The average molecular weight is 437 g/mol. The molecule has 3 aromatic rings. The number of hydrogen-bond donors (Lipinski definition) is 1. The molecule has 2 aliphatic rings. The van der Waals surface area contributed by atoms with E-state index in [0.29, 0.717) is 35.2 Å². The minimum atomic E-state index is -4.16. The maximum absolute atomic E-state index is 13.0. The Morgan fingerprint density at radius 1 is 1.00 bits per heavy atom. The van der Waals surface area contributed by atoms with Crippen molar-refractivity contribution in [1.29, 1.82) is 0 Å². The Kier molecular flexibility index (Phi) is 4.65. The number of rotatable bonds is 3. The van der Waals surface area contributed by atoms with Gasteiger partial charge in [-0.1, -0.05) is 11.6 Å². The van der Waals surface area contributed by atoms with Crippen LogP contribution in [-0.4, -0.2) is 25.7 Å². The molecule has 158 valence electrons. The maximum atomic E-state index is 13.0. The predicted molar refractivity (Wildman–Crippen MR) is 108 cm³/mol. The van der Waals surface area contributed by atoms with Crippen molar-refractivity contribution in [3.63, 3.8) is 0 Å². The lowest BCUT2D eigenvalue weighted by molar-refractivity contribution is -0.182. The van der Waals surface area contributed by atoms with Crippen LogP contribution in [-0.2, 0) is 0 Å². The van der Waals surface area contributed by atoms with Crippen LogP contribution in [0, 0.1) is 5.92 Å². The number of imidazole rings is 1. The summed E-state index contributed by atoms with van der Waals surface area (Å²) in [5, 5.41) is 0.612. The smallest absolute Gasteiger partial charge is 0.308 e. The largest absolute Gasteiger partial charge is 0.391 e. The van der Waals surface area contributed by atoms with E-state index in [1.807, 2.05) is 16.7 Å². The molecule has 0 bridgehead atoms. The zero-order valence-electron chi connectivity index (χ0n) is 16.0. The minimum absolute atomic E-state index is 0.0633. The molecule has 1 aromatic carbocycles. The van der Waals surface area contributed by atoms with Gasteiger partial charge in [0.2, 0.25) is 0 Å². The molecule has 0 spiro atoms. The fourth-order valence-electron chi connectivity index (χ4n) is 4.37. The lowest BCUT2D eigenvalue weighted by Crippen LogP contribution is -2.28. The monoisotopic (exact) mass is 436 g/mol. The first-order valence-electron chi connectivity index (χ1n) is 10.2. The first-order valence-corrected chi connectivity index (χ1v) is 10.5. The number of alkyl halides is 3. The number of fused-ring (bicyclic) bond motifs is 1. The van der Waals surface area contributed by atoms with E-state index in [9.17, 15) is 18.0 Å². The summed E-state index contributed by atoms with van der Waals surface area (Å²) in [5.41, 5.74) is 1.28. The van der Waals surface area contributed by atoms with Gasteiger partial charge in [0.1, 0.15) is 11.6 Å². The molecule has 30 heavy (non-hydrogen) atoms. The highest BCUT2D eigenvalue weighted by atomic mass is 35.5. The van der Waals surface area contributed by atoms with Crippen molar-refractivity contribution in [1.82, 2.24) is 19.5 Å². The topological polar surface area (TPSA) is 63.6 Å². The molecule has 2 fully saturated rings. The second-order valence-corrected chi connectivity index (χ2v) is 8.69. The van der Waals surface area contributed by atoms with Crippen molar-refractivity contribution in [2.24, 2.45) is 5.92 Å². The number of nitrogens with one attached hydrogen (secondary N) is 1. The highest BCUT2D eigenvalue weighted by molar-refractivity contribution is 6.30. The van der Waals surface area contributed by atoms with E-state index in [1.165, 1.54) is 0 Å². The Morgan fingerprint density at radius 3 is 2.27 bits per heavy atom. The molecule has 1 N–H and O–H groups in total. The van der Waals surface area contributed by atoms with E-state index in [4.69, 9.17) is 16.6 Å². The third kappa shape index (κ3) is 3.51. The predicted octanol–water partition coefficient (Wildman–Crippen LogP) is 5.61. The van der Waals surface area contributed by atoms with E-state index >= 15 is 0 Å². The maximum Gasteiger partial charge on any atom is 0.391 e. The van der Waals surface area contributed by atoms with Crippen molar-refractivity contribution >= 4 is 22.8 Å². The average Bonchev–Trinajstić information content (AvgIpc) is 3.48. The highest BCUT2D eigenvalue weighted by Crippen LogP contribution is 2.43. The first kappa shape index (κ1) is 19.6. The third-order valence-corrected chi connectivity index (χ3v) is 6.41. The van der Waals surface area contributed by atoms with E-state index < -0.39 is 12.1 Å². The van der Waals surface area contributed by atoms with E-state index in [0.717, 1.165) is 18.4 Å². The second-order valence-electron chi connectivity index (χ2n) is 8.26. The normalized spacial score (nSPS) is 22.5. The van der Waals surface area contributed by atoms with Gasteiger partial charge in [-0.3, -0.25) is 4.79 Å². The van der Waals surface area contributed by atoms with Gasteiger partial charge < -0.3 is 9.55 Å². The van der Waals surface area contributed by atoms with E-state index in [1.54, 1.807) is 12.1 Å². The van der Waals surface area contributed by atoms with Crippen LogP contribution in [0.15, 0.2) is 29.1 Å². The molecule has 0 atom stereocenters. The van der Waals surface area contributed by atoms with Gasteiger partial charge in [-0.2, -0.15) is 13.2 Å². The van der Waals surface area contributed by atoms with Gasteiger partial charge in [-0.25, -0.2) is 9.97 Å². The fraction of sp³-hybridized carbons (Fsp3) is 0.476. The molecule has 0 saturated heterocycles. The number of aromatic amines is 1. The van der Waals surface area contributed by atoms with Crippen LogP contribution in [0.3, 0.4) is 0 Å². The van der Waals surface area contributed by atoms with Crippen LogP contribution in [0.1, 0.15) is 56.3 Å². The molecule has 9 heteroatoms.